The van der Waals surface area contributed by atoms with Crippen LogP contribution in [0.4, 0.5) is 11.8 Å². The molecule has 0 fully saturated rings. The summed E-state index contributed by atoms with van der Waals surface area (Å²) in [6.45, 7) is 4.07. The number of methoxy groups -OCH3 is 3. The van der Waals surface area contributed by atoms with Crippen molar-refractivity contribution in [2.75, 3.05) is 45.1 Å². The Kier molecular flexibility index (Phi) is 7.28. The Morgan fingerprint density at radius 2 is 1.76 bits per heavy atom. The number of nitrogens with zero attached hydrogens (tertiary/aromatic N) is 2. The molecular formula is C18H26N4O3. The van der Waals surface area contributed by atoms with E-state index in [4.69, 9.17) is 14.2 Å². The minimum absolute atomic E-state index is 0.587. The molecule has 0 saturated heterocycles. The molecular weight excluding hydrogens is 320 g/mol. The molecule has 1 aromatic heterocycles. The number of benzene rings is 1. The van der Waals surface area contributed by atoms with Gasteiger partial charge in [0.15, 0.2) is 11.5 Å². The third kappa shape index (κ3) is 5.79. The van der Waals surface area contributed by atoms with Gasteiger partial charge in [-0.3, -0.25) is 0 Å². The van der Waals surface area contributed by atoms with Gasteiger partial charge >= 0.3 is 0 Å². The maximum Gasteiger partial charge on any atom is 0.225 e. The normalized spacial score (nSPS) is 10.4. The highest BCUT2D eigenvalue weighted by atomic mass is 16.5. The lowest BCUT2D eigenvalue weighted by Crippen LogP contribution is -2.10. The van der Waals surface area contributed by atoms with Gasteiger partial charge in [-0.2, -0.15) is 4.98 Å². The lowest BCUT2D eigenvalue weighted by molar-refractivity contribution is 0.198. The van der Waals surface area contributed by atoms with Gasteiger partial charge in [0, 0.05) is 38.6 Å². The summed E-state index contributed by atoms with van der Waals surface area (Å²) >= 11 is 0. The van der Waals surface area contributed by atoms with Crippen LogP contribution in [0.25, 0.3) is 0 Å². The molecule has 0 aliphatic rings. The van der Waals surface area contributed by atoms with Gasteiger partial charge in [0.05, 0.1) is 14.2 Å². The van der Waals surface area contributed by atoms with Crippen molar-refractivity contribution in [3.05, 3.63) is 35.5 Å². The Bertz CT molecular complexity index is 679. The van der Waals surface area contributed by atoms with Crippen molar-refractivity contribution in [3.63, 3.8) is 0 Å². The Balaban J connectivity index is 1.99. The molecule has 136 valence electrons. The Morgan fingerprint density at radius 1 is 0.960 bits per heavy atom. The summed E-state index contributed by atoms with van der Waals surface area (Å²) < 4.78 is 15.6. The molecule has 2 rings (SSSR count). The molecule has 2 N–H and O–H groups in total. The molecule has 25 heavy (non-hydrogen) atoms. The van der Waals surface area contributed by atoms with Crippen LogP contribution < -0.4 is 20.1 Å². The summed E-state index contributed by atoms with van der Waals surface area (Å²) in [7, 11) is 4.95. The van der Waals surface area contributed by atoms with Crippen molar-refractivity contribution in [1.82, 2.24) is 9.97 Å². The van der Waals surface area contributed by atoms with Crippen LogP contribution in [0.3, 0.4) is 0 Å². The largest absolute Gasteiger partial charge is 0.493 e. The number of hydrogen-bond donors (Lipinski definition) is 2. The first-order valence-corrected chi connectivity index (χ1v) is 8.19. The summed E-state index contributed by atoms with van der Waals surface area (Å²) in [5.41, 5.74) is 1.96. The van der Waals surface area contributed by atoms with Gasteiger partial charge in [0.2, 0.25) is 5.95 Å². The molecule has 0 aliphatic carbocycles. The van der Waals surface area contributed by atoms with E-state index in [0.717, 1.165) is 36.6 Å². The quantitative estimate of drug-likeness (QED) is 0.641. The van der Waals surface area contributed by atoms with Crippen LogP contribution in [0.1, 0.15) is 17.7 Å². The smallest absolute Gasteiger partial charge is 0.225 e. The fraction of sp³-hybridized carbons (Fsp3) is 0.444. The summed E-state index contributed by atoms with van der Waals surface area (Å²) in [4.78, 5) is 8.92. The van der Waals surface area contributed by atoms with Crippen molar-refractivity contribution in [2.45, 2.75) is 19.9 Å². The van der Waals surface area contributed by atoms with E-state index in [2.05, 4.69) is 20.6 Å². The highest BCUT2D eigenvalue weighted by Gasteiger charge is 2.06. The summed E-state index contributed by atoms with van der Waals surface area (Å²) in [6.07, 6.45) is 0.925. The number of hydrogen-bond acceptors (Lipinski definition) is 7. The zero-order valence-corrected chi connectivity index (χ0v) is 15.3. The molecule has 7 nitrogen and oxygen atoms in total. The van der Waals surface area contributed by atoms with Crippen LogP contribution in [-0.4, -0.2) is 44.4 Å². The highest BCUT2D eigenvalue weighted by molar-refractivity contribution is 5.45. The second kappa shape index (κ2) is 9.68. The number of rotatable bonds is 10. The second-order valence-corrected chi connectivity index (χ2v) is 5.53. The molecule has 2 aromatic rings. The number of ether oxygens (including phenoxy) is 3. The predicted molar refractivity (Wildman–Crippen MR) is 98.6 cm³/mol. The van der Waals surface area contributed by atoms with Gasteiger partial charge in [0.25, 0.3) is 0 Å². The van der Waals surface area contributed by atoms with Crippen LogP contribution in [0.15, 0.2) is 24.3 Å². The number of anilines is 2. The summed E-state index contributed by atoms with van der Waals surface area (Å²) in [5, 5.41) is 6.53. The Morgan fingerprint density at radius 3 is 2.48 bits per heavy atom. The SMILES string of the molecule is COCCCNc1cc(C)nc(NCc2ccc(OC)c(OC)c2)n1. The zero-order chi connectivity index (χ0) is 18.1. The molecule has 7 heteroatoms. The predicted octanol–water partition coefficient (Wildman–Crippen LogP) is 2.86. The van der Waals surface area contributed by atoms with E-state index in [1.165, 1.54) is 0 Å². The first kappa shape index (κ1) is 18.8. The molecule has 1 heterocycles. The van der Waals surface area contributed by atoms with E-state index < -0.39 is 0 Å². The van der Waals surface area contributed by atoms with E-state index >= 15 is 0 Å². The average Bonchev–Trinajstić information content (AvgIpc) is 2.63. The minimum Gasteiger partial charge on any atom is -0.493 e. The van der Waals surface area contributed by atoms with Crippen LogP contribution in [0.2, 0.25) is 0 Å². The van der Waals surface area contributed by atoms with Crippen molar-refractivity contribution in [3.8, 4) is 11.5 Å². The number of nitrogens with one attached hydrogen (secondary N) is 2. The third-order valence-electron chi connectivity index (χ3n) is 3.58. The van der Waals surface area contributed by atoms with E-state index in [1.807, 2.05) is 31.2 Å². The van der Waals surface area contributed by atoms with Gasteiger partial charge < -0.3 is 24.8 Å². The van der Waals surface area contributed by atoms with E-state index in [1.54, 1.807) is 21.3 Å². The Labute approximate surface area is 148 Å². The van der Waals surface area contributed by atoms with E-state index in [0.29, 0.717) is 24.0 Å². The molecule has 0 atom stereocenters. The topological polar surface area (TPSA) is 77.5 Å². The molecule has 0 aliphatic heterocycles. The maximum absolute atomic E-state index is 5.33. The molecule has 0 spiro atoms. The van der Waals surface area contributed by atoms with Gasteiger partial charge in [0.1, 0.15) is 5.82 Å². The molecule has 0 saturated carbocycles. The van der Waals surface area contributed by atoms with Gasteiger partial charge in [-0.1, -0.05) is 6.07 Å². The van der Waals surface area contributed by atoms with E-state index in [-0.39, 0.29) is 0 Å². The van der Waals surface area contributed by atoms with Crippen LogP contribution >= 0.6 is 0 Å². The molecule has 0 radical (unpaired) electrons. The van der Waals surface area contributed by atoms with Crippen molar-refractivity contribution < 1.29 is 14.2 Å². The zero-order valence-electron chi connectivity index (χ0n) is 15.3. The second-order valence-electron chi connectivity index (χ2n) is 5.53. The van der Waals surface area contributed by atoms with Crippen molar-refractivity contribution >= 4 is 11.8 Å². The summed E-state index contributed by atoms with van der Waals surface area (Å²) in [6, 6.07) is 7.73. The number of aromatic nitrogens is 2. The van der Waals surface area contributed by atoms with Crippen LogP contribution in [0, 0.1) is 6.92 Å². The molecule has 0 bridgehead atoms. The standard InChI is InChI=1S/C18H26N4O3/c1-13-10-17(19-8-5-9-23-2)22-18(21-13)20-12-14-6-7-15(24-3)16(11-14)25-4/h6-7,10-11H,5,8-9,12H2,1-4H3,(H2,19,20,21,22). The Hall–Kier alpha value is -2.54. The molecule has 1 aromatic carbocycles. The van der Waals surface area contributed by atoms with Gasteiger partial charge in [-0.15, -0.1) is 0 Å². The lowest BCUT2D eigenvalue weighted by Gasteiger charge is -2.12. The first-order valence-electron chi connectivity index (χ1n) is 8.19. The van der Waals surface area contributed by atoms with Gasteiger partial charge in [-0.05, 0) is 31.0 Å². The monoisotopic (exact) mass is 346 g/mol. The van der Waals surface area contributed by atoms with Gasteiger partial charge in [-0.25, -0.2) is 4.98 Å². The minimum atomic E-state index is 0.587. The first-order chi connectivity index (χ1) is 12.2. The maximum atomic E-state index is 5.33. The van der Waals surface area contributed by atoms with Crippen molar-refractivity contribution in [2.24, 2.45) is 0 Å². The number of aryl methyl sites for hydroxylation is 1. The molecule has 0 amide bonds. The van der Waals surface area contributed by atoms with Crippen LogP contribution in [-0.2, 0) is 11.3 Å². The lowest BCUT2D eigenvalue weighted by atomic mass is 10.2. The summed E-state index contributed by atoms with van der Waals surface area (Å²) in [5.74, 6) is 2.80. The van der Waals surface area contributed by atoms with Crippen LogP contribution in [0.5, 0.6) is 11.5 Å². The average molecular weight is 346 g/mol. The highest BCUT2D eigenvalue weighted by Crippen LogP contribution is 2.27. The van der Waals surface area contributed by atoms with E-state index in [9.17, 15) is 0 Å². The molecule has 0 unspecified atom stereocenters. The van der Waals surface area contributed by atoms with Crippen molar-refractivity contribution in [1.29, 1.82) is 0 Å². The third-order valence-corrected chi connectivity index (χ3v) is 3.58. The fourth-order valence-corrected chi connectivity index (χ4v) is 2.34. The fourth-order valence-electron chi connectivity index (χ4n) is 2.34.